The second-order valence-corrected chi connectivity index (χ2v) is 7.28. The summed E-state index contributed by atoms with van der Waals surface area (Å²) in [6, 6.07) is 0. The number of methoxy groups -OCH3 is 1. The number of nitrogens with one attached hydrogen (secondary N) is 1. The Morgan fingerprint density at radius 1 is 1.30 bits per heavy atom. The molecule has 0 saturated carbocycles. The summed E-state index contributed by atoms with van der Waals surface area (Å²) in [5.41, 5.74) is 2.23. The molecule has 6 nitrogen and oxygen atoms in total. The Kier molecular flexibility index (Phi) is 5.70. The fourth-order valence-corrected chi connectivity index (χ4v) is 3.42. The molecule has 2 atom stereocenters. The smallest absolute Gasteiger partial charge is 0.216 e. The molecule has 1 aliphatic rings. The topological polar surface area (TPSA) is 51.6 Å². The lowest BCUT2D eigenvalue weighted by Gasteiger charge is -2.45. The van der Waals surface area contributed by atoms with Crippen LogP contribution in [-0.2, 0) is 18.3 Å². The van der Waals surface area contributed by atoms with E-state index in [1.165, 1.54) is 0 Å². The van der Waals surface area contributed by atoms with Gasteiger partial charge in [-0.1, -0.05) is 0 Å². The molecule has 0 aliphatic carbocycles. The highest BCUT2D eigenvalue weighted by molar-refractivity contribution is 5.30. The summed E-state index contributed by atoms with van der Waals surface area (Å²) < 4.78 is 13.1. The minimum atomic E-state index is 0.0790. The molecule has 0 amide bonds. The molecular weight excluding hydrogens is 292 g/mol. The Balaban J connectivity index is 1.95. The monoisotopic (exact) mass is 324 g/mol. The van der Waals surface area contributed by atoms with Crippen LogP contribution in [0.3, 0.4) is 0 Å². The second-order valence-electron chi connectivity index (χ2n) is 7.28. The fourth-order valence-electron chi connectivity index (χ4n) is 3.42. The van der Waals surface area contributed by atoms with Crippen LogP contribution < -0.4 is 10.1 Å². The van der Waals surface area contributed by atoms with Gasteiger partial charge in [-0.2, -0.15) is 5.10 Å². The van der Waals surface area contributed by atoms with E-state index in [2.05, 4.69) is 43.0 Å². The van der Waals surface area contributed by atoms with Crippen LogP contribution >= 0.6 is 0 Å². The fraction of sp³-hybridized carbons (Fsp3) is 0.824. The Morgan fingerprint density at radius 3 is 2.48 bits per heavy atom. The van der Waals surface area contributed by atoms with Crippen LogP contribution in [0.25, 0.3) is 0 Å². The summed E-state index contributed by atoms with van der Waals surface area (Å²) in [7, 11) is 3.61. The van der Waals surface area contributed by atoms with Gasteiger partial charge in [0.1, 0.15) is 0 Å². The van der Waals surface area contributed by atoms with Crippen LogP contribution in [0.2, 0.25) is 0 Å². The maximum atomic E-state index is 5.84. The van der Waals surface area contributed by atoms with Crippen molar-refractivity contribution in [2.24, 2.45) is 7.05 Å². The number of aromatic nitrogens is 2. The first-order valence-corrected chi connectivity index (χ1v) is 8.42. The molecule has 23 heavy (non-hydrogen) atoms. The van der Waals surface area contributed by atoms with Gasteiger partial charge in [-0.25, -0.2) is 4.68 Å². The van der Waals surface area contributed by atoms with Crippen molar-refractivity contribution in [3.05, 3.63) is 11.3 Å². The standard InChI is InChI=1S/C17H32N4O2/c1-12-9-21(10-13(2)23-12)17(4,5)11-18-8-15-14(3)19-20(6)16(15)22-7/h12-13,18H,8-11H2,1-7H3/t12-,13-/m0/s1. The summed E-state index contributed by atoms with van der Waals surface area (Å²) in [6.07, 6.45) is 0.581. The molecule has 0 aromatic carbocycles. The van der Waals surface area contributed by atoms with Crippen molar-refractivity contribution in [3.63, 3.8) is 0 Å². The molecule has 1 fully saturated rings. The number of nitrogens with zero attached hydrogens (tertiary/aromatic N) is 3. The summed E-state index contributed by atoms with van der Waals surface area (Å²) in [5, 5.41) is 8.01. The molecule has 1 aliphatic heterocycles. The predicted molar refractivity (Wildman–Crippen MR) is 91.9 cm³/mol. The third-order valence-electron chi connectivity index (χ3n) is 4.62. The van der Waals surface area contributed by atoms with Crippen molar-refractivity contribution in [1.82, 2.24) is 20.0 Å². The first-order valence-electron chi connectivity index (χ1n) is 8.42. The van der Waals surface area contributed by atoms with Crippen LogP contribution in [0.5, 0.6) is 5.88 Å². The molecule has 2 rings (SSSR count). The van der Waals surface area contributed by atoms with Gasteiger partial charge >= 0.3 is 0 Å². The Labute approximate surface area is 140 Å². The molecule has 1 aromatic rings. The van der Waals surface area contributed by atoms with Crippen molar-refractivity contribution >= 4 is 0 Å². The number of hydrogen-bond acceptors (Lipinski definition) is 5. The molecule has 0 bridgehead atoms. The lowest BCUT2D eigenvalue weighted by molar-refractivity contribution is -0.0952. The van der Waals surface area contributed by atoms with Crippen molar-refractivity contribution < 1.29 is 9.47 Å². The van der Waals surface area contributed by atoms with Gasteiger partial charge in [0.25, 0.3) is 0 Å². The average Bonchev–Trinajstić information content (AvgIpc) is 2.71. The molecule has 1 N–H and O–H groups in total. The first-order chi connectivity index (χ1) is 10.7. The van der Waals surface area contributed by atoms with Gasteiger partial charge in [-0.05, 0) is 34.6 Å². The number of morpholine rings is 1. The number of aryl methyl sites for hydroxylation is 2. The van der Waals surface area contributed by atoms with Crippen LogP contribution in [-0.4, -0.2) is 59.2 Å². The zero-order valence-corrected chi connectivity index (χ0v) is 15.6. The van der Waals surface area contributed by atoms with Crippen molar-refractivity contribution in [3.8, 4) is 5.88 Å². The average molecular weight is 324 g/mol. The Hall–Kier alpha value is -1.11. The Bertz CT molecular complexity index is 517. The molecule has 6 heteroatoms. The van der Waals surface area contributed by atoms with Gasteiger partial charge < -0.3 is 14.8 Å². The van der Waals surface area contributed by atoms with Crippen molar-refractivity contribution in [2.75, 3.05) is 26.7 Å². The summed E-state index contributed by atoms with van der Waals surface area (Å²) >= 11 is 0. The van der Waals surface area contributed by atoms with E-state index in [1.54, 1.807) is 11.8 Å². The maximum Gasteiger partial charge on any atom is 0.216 e. The van der Waals surface area contributed by atoms with Crippen LogP contribution in [0.4, 0.5) is 0 Å². The molecular formula is C17H32N4O2. The molecule has 132 valence electrons. The predicted octanol–water partition coefficient (Wildman–Crippen LogP) is 1.71. The highest BCUT2D eigenvalue weighted by Crippen LogP contribution is 2.23. The Morgan fingerprint density at radius 2 is 1.91 bits per heavy atom. The van der Waals surface area contributed by atoms with Crippen LogP contribution in [0, 0.1) is 6.92 Å². The first kappa shape index (κ1) is 18.2. The van der Waals surface area contributed by atoms with Gasteiger partial charge in [0, 0.05) is 38.8 Å². The third-order valence-corrected chi connectivity index (χ3v) is 4.62. The molecule has 0 spiro atoms. The third kappa shape index (κ3) is 4.25. The van der Waals surface area contributed by atoms with E-state index in [1.807, 2.05) is 14.0 Å². The van der Waals surface area contributed by atoms with E-state index in [4.69, 9.17) is 9.47 Å². The highest BCUT2D eigenvalue weighted by atomic mass is 16.5. The van der Waals surface area contributed by atoms with E-state index in [0.717, 1.165) is 43.3 Å². The second kappa shape index (κ2) is 7.20. The molecule has 2 heterocycles. The van der Waals surface area contributed by atoms with Gasteiger partial charge in [0.15, 0.2) is 0 Å². The number of ether oxygens (including phenoxy) is 2. The van der Waals surface area contributed by atoms with Crippen LogP contribution in [0.15, 0.2) is 0 Å². The SMILES string of the molecule is COc1c(CNCC(C)(C)N2C[C@H](C)O[C@@H](C)C2)c(C)nn1C. The van der Waals surface area contributed by atoms with E-state index < -0.39 is 0 Å². The van der Waals surface area contributed by atoms with E-state index in [9.17, 15) is 0 Å². The van der Waals surface area contributed by atoms with Gasteiger partial charge in [-0.15, -0.1) is 0 Å². The molecule has 1 saturated heterocycles. The van der Waals surface area contributed by atoms with E-state index in [0.29, 0.717) is 12.2 Å². The molecule has 0 radical (unpaired) electrons. The van der Waals surface area contributed by atoms with Gasteiger partial charge in [-0.3, -0.25) is 4.90 Å². The summed E-state index contributed by atoms with van der Waals surface area (Å²) in [4.78, 5) is 2.52. The molecule has 0 unspecified atom stereocenters. The van der Waals surface area contributed by atoms with Crippen molar-refractivity contribution in [1.29, 1.82) is 0 Å². The normalized spacial score (nSPS) is 23.3. The van der Waals surface area contributed by atoms with Crippen molar-refractivity contribution in [2.45, 2.75) is 58.9 Å². The number of hydrogen-bond donors (Lipinski definition) is 1. The largest absolute Gasteiger partial charge is 0.481 e. The van der Waals surface area contributed by atoms with Gasteiger partial charge in [0.05, 0.1) is 30.6 Å². The number of rotatable bonds is 6. The lowest BCUT2D eigenvalue weighted by atomic mass is 10.00. The summed E-state index contributed by atoms with van der Waals surface area (Å²) in [5.74, 6) is 0.835. The highest BCUT2D eigenvalue weighted by Gasteiger charge is 2.33. The zero-order chi connectivity index (χ0) is 17.2. The van der Waals surface area contributed by atoms with Gasteiger partial charge in [0.2, 0.25) is 5.88 Å². The van der Waals surface area contributed by atoms with Crippen LogP contribution in [0.1, 0.15) is 39.0 Å². The minimum absolute atomic E-state index is 0.0790. The van der Waals surface area contributed by atoms with E-state index in [-0.39, 0.29) is 5.54 Å². The lowest BCUT2D eigenvalue weighted by Crippen LogP contribution is -2.58. The zero-order valence-electron chi connectivity index (χ0n) is 15.6. The maximum absolute atomic E-state index is 5.84. The van der Waals surface area contributed by atoms with E-state index >= 15 is 0 Å². The quantitative estimate of drug-likeness (QED) is 0.863. The summed E-state index contributed by atoms with van der Waals surface area (Å²) in [6.45, 7) is 14.5. The minimum Gasteiger partial charge on any atom is -0.481 e. The molecule has 1 aromatic heterocycles.